The van der Waals surface area contributed by atoms with E-state index in [0.29, 0.717) is 5.56 Å². The molecule has 0 aliphatic carbocycles. The summed E-state index contributed by atoms with van der Waals surface area (Å²) in [5.41, 5.74) is 7.65. The number of thiocarbonyl (C=S) groups is 1. The minimum absolute atomic E-state index is 0.158. The minimum Gasteiger partial charge on any atom is -0.391 e. The third-order valence-corrected chi connectivity index (χ3v) is 3.04. The second-order valence-electron chi connectivity index (χ2n) is 4.82. The topological polar surface area (TPSA) is 55.1 Å². The number of rotatable bonds is 3. The van der Waals surface area contributed by atoms with Crippen LogP contribution in [-0.2, 0) is 0 Å². The highest BCUT2D eigenvalue weighted by molar-refractivity contribution is 7.80. The Balaban J connectivity index is 2.94. The number of amides is 1. The van der Waals surface area contributed by atoms with Gasteiger partial charge in [-0.25, -0.2) is 0 Å². The van der Waals surface area contributed by atoms with Crippen molar-refractivity contribution in [1.82, 2.24) is 5.32 Å². The summed E-state index contributed by atoms with van der Waals surface area (Å²) in [5, 5.41) is 2.82. The fourth-order valence-electron chi connectivity index (χ4n) is 1.52. The Morgan fingerprint density at radius 2 is 1.71 bits per heavy atom. The average Bonchev–Trinajstić information content (AvgIpc) is 2.15. The number of nitrogens with two attached hydrogens (primary N) is 1. The van der Waals surface area contributed by atoms with Gasteiger partial charge in [-0.15, -0.1) is 0 Å². The predicted molar refractivity (Wildman–Crippen MR) is 74.2 cm³/mol. The van der Waals surface area contributed by atoms with Crippen molar-refractivity contribution < 1.29 is 4.79 Å². The molecule has 1 amide bonds. The molecule has 3 N–H and O–H groups in total. The van der Waals surface area contributed by atoms with Crippen LogP contribution in [0.3, 0.4) is 0 Å². The number of nitrogens with one attached hydrogen (secondary N) is 1. The molecule has 1 rings (SSSR count). The molecule has 0 radical (unpaired) electrons. The van der Waals surface area contributed by atoms with Gasteiger partial charge in [0, 0.05) is 5.56 Å². The smallest absolute Gasteiger partial charge is 0.252 e. The number of aryl methyl sites for hydroxylation is 2. The van der Waals surface area contributed by atoms with Crippen molar-refractivity contribution in [2.75, 3.05) is 0 Å². The number of carbonyl (C=O) groups excluding carboxylic acids is 1. The molecule has 1 aromatic carbocycles. The van der Waals surface area contributed by atoms with Gasteiger partial charge in [-0.05, 0) is 39.8 Å². The van der Waals surface area contributed by atoms with E-state index in [9.17, 15) is 4.79 Å². The lowest BCUT2D eigenvalue weighted by Crippen LogP contribution is -2.52. The monoisotopic (exact) mass is 250 g/mol. The van der Waals surface area contributed by atoms with Crippen molar-refractivity contribution in [3.05, 3.63) is 34.9 Å². The predicted octanol–water partition coefficient (Wildman–Crippen LogP) is 2.10. The number of carbonyl (C=O) groups is 1. The van der Waals surface area contributed by atoms with Crippen molar-refractivity contribution in [1.29, 1.82) is 0 Å². The van der Waals surface area contributed by atoms with Gasteiger partial charge in [0.05, 0.1) is 10.5 Å². The van der Waals surface area contributed by atoms with Crippen LogP contribution in [-0.4, -0.2) is 16.4 Å². The Morgan fingerprint density at radius 1 is 1.24 bits per heavy atom. The lowest BCUT2D eigenvalue weighted by atomic mass is 10.0. The molecule has 0 saturated heterocycles. The number of benzene rings is 1. The van der Waals surface area contributed by atoms with Crippen LogP contribution < -0.4 is 11.1 Å². The van der Waals surface area contributed by atoms with Crippen LogP contribution in [0.25, 0.3) is 0 Å². The highest BCUT2D eigenvalue weighted by Crippen LogP contribution is 2.11. The van der Waals surface area contributed by atoms with Gasteiger partial charge in [-0.2, -0.15) is 0 Å². The summed E-state index contributed by atoms with van der Waals surface area (Å²) in [6, 6.07) is 5.71. The first kappa shape index (κ1) is 13.6. The molecule has 0 atom stereocenters. The number of hydrogen-bond acceptors (Lipinski definition) is 2. The fraction of sp³-hybridized carbons (Fsp3) is 0.385. The van der Waals surface area contributed by atoms with Crippen molar-refractivity contribution in [3.63, 3.8) is 0 Å². The molecule has 0 heterocycles. The molecule has 0 saturated carbocycles. The summed E-state index contributed by atoms with van der Waals surface area (Å²) in [6.45, 7) is 7.50. The zero-order valence-corrected chi connectivity index (χ0v) is 11.4. The van der Waals surface area contributed by atoms with Gasteiger partial charge >= 0.3 is 0 Å². The molecular formula is C13H18N2OS. The lowest BCUT2D eigenvalue weighted by Gasteiger charge is -2.24. The first-order valence-electron chi connectivity index (χ1n) is 5.43. The van der Waals surface area contributed by atoms with Crippen LogP contribution in [0.15, 0.2) is 18.2 Å². The second kappa shape index (κ2) is 4.84. The van der Waals surface area contributed by atoms with Crippen molar-refractivity contribution in [3.8, 4) is 0 Å². The van der Waals surface area contributed by atoms with Gasteiger partial charge in [-0.1, -0.05) is 29.4 Å². The summed E-state index contributed by atoms with van der Waals surface area (Å²) in [6.07, 6.45) is 0. The summed E-state index contributed by atoms with van der Waals surface area (Å²) in [7, 11) is 0. The quantitative estimate of drug-likeness (QED) is 0.808. The molecule has 0 spiro atoms. The van der Waals surface area contributed by atoms with Crippen molar-refractivity contribution in [2.45, 2.75) is 33.2 Å². The van der Waals surface area contributed by atoms with Crippen molar-refractivity contribution >= 4 is 23.1 Å². The van der Waals surface area contributed by atoms with E-state index in [1.807, 2.05) is 32.0 Å². The fourth-order valence-corrected chi connectivity index (χ4v) is 1.57. The zero-order chi connectivity index (χ0) is 13.2. The van der Waals surface area contributed by atoms with Gasteiger partial charge in [0.2, 0.25) is 0 Å². The number of hydrogen-bond donors (Lipinski definition) is 2. The largest absolute Gasteiger partial charge is 0.391 e. The van der Waals surface area contributed by atoms with Gasteiger partial charge in [-0.3, -0.25) is 4.79 Å². The van der Waals surface area contributed by atoms with Crippen LogP contribution in [0.2, 0.25) is 0 Å². The van der Waals surface area contributed by atoms with Gasteiger partial charge in [0.1, 0.15) is 0 Å². The maximum Gasteiger partial charge on any atom is 0.252 e. The Kier molecular flexibility index (Phi) is 3.88. The van der Waals surface area contributed by atoms with Crippen LogP contribution in [0, 0.1) is 13.8 Å². The molecule has 0 fully saturated rings. The van der Waals surface area contributed by atoms with E-state index in [-0.39, 0.29) is 10.9 Å². The third kappa shape index (κ3) is 3.53. The normalized spacial score (nSPS) is 11.1. The summed E-state index contributed by atoms with van der Waals surface area (Å²) in [4.78, 5) is 12.3. The van der Waals surface area contributed by atoms with Crippen LogP contribution in [0.1, 0.15) is 35.3 Å². The van der Waals surface area contributed by atoms with Gasteiger partial charge in [0.15, 0.2) is 0 Å². The molecule has 92 valence electrons. The van der Waals surface area contributed by atoms with Crippen LogP contribution >= 0.6 is 12.2 Å². The first-order valence-corrected chi connectivity index (χ1v) is 5.84. The minimum atomic E-state index is -0.677. The average molecular weight is 250 g/mol. The van der Waals surface area contributed by atoms with E-state index < -0.39 is 5.54 Å². The highest BCUT2D eigenvalue weighted by Gasteiger charge is 2.24. The SMILES string of the molecule is Cc1cc(C)cc(C(=O)NC(C)(C)C(N)=S)c1. The van der Waals surface area contributed by atoms with Crippen LogP contribution in [0.5, 0.6) is 0 Å². The Labute approximate surface area is 107 Å². The summed E-state index contributed by atoms with van der Waals surface area (Å²) >= 11 is 4.91. The zero-order valence-electron chi connectivity index (χ0n) is 10.6. The molecule has 0 bridgehead atoms. The van der Waals surface area contributed by atoms with Gasteiger partial charge < -0.3 is 11.1 Å². The third-order valence-electron chi connectivity index (χ3n) is 2.53. The maximum atomic E-state index is 12.0. The molecule has 0 aromatic heterocycles. The molecule has 17 heavy (non-hydrogen) atoms. The Morgan fingerprint density at radius 3 is 2.12 bits per heavy atom. The van der Waals surface area contributed by atoms with E-state index in [2.05, 4.69) is 5.32 Å². The molecule has 1 aromatic rings. The first-order chi connectivity index (χ1) is 7.72. The molecule has 0 unspecified atom stereocenters. The second-order valence-corrected chi connectivity index (χ2v) is 5.26. The highest BCUT2D eigenvalue weighted by atomic mass is 32.1. The van der Waals surface area contributed by atoms with Crippen molar-refractivity contribution in [2.24, 2.45) is 5.73 Å². The van der Waals surface area contributed by atoms with Crippen LogP contribution in [0.4, 0.5) is 0 Å². The Hall–Kier alpha value is -1.42. The summed E-state index contributed by atoms with van der Waals surface area (Å²) < 4.78 is 0. The molecule has 0 aliphatic rings. The lowest BCUT2D eigenvalue weighted by molar-refractivity contribution is 0.0932. The summed E-state index contributed by atoms with van der Waals surface area (Å²) in [5.74, 6) is -0.158. The molecule has 3 nitrogen and oxygen atoms in total. The molecule has 0 aliphatic heterocycles. The molecule has 4 heteroatoms. The van der Waals surface area contributed by atoms with E-state index in [1.165, 1.54) is 0 Å². The maximum absolute atomic E-state index is 12.0. The van der Waals surface area contributed by atoms with E-state index in [0.717, 1.165) is 11.1 Å². The van der Waals surface area contributed by atoms with E-state index in [4.69, 9.17) is 18.0 Å². The van der Waals surface area contributed by atoms with E-state index in [1.54, 1.807) is 13.8 Å². The van der Waals surface area contributed by atoms with Gasteiger partial charge in [0.25, 0.3) is 5.91 Å². The van der Waals surface area contributed by atoms with E-state index >= 15 is 0 Å². The Bertz CT molecular complexity index is 446. The molecular weight excluding hydrogens is 232 g/mol. The standard InChI is InChI=1S/C13H18N2OS/c1-8-5-9(2)7-10(6-8)11(16)15-13(3,4)12(14)17/h5-7H,1-4H3,(H2,14,17)(H,15,16).